The summed E-state index contributed by atoms with van der Waals surface area (Å²) in [6.45, 7) is 4.11. The molecule has 0 radical (unpaired) electrons. The Morgan fingerprint density at radius 2 is 1.66 bits per heavy atom. The van der Waals surface area contributed by atoms with Gasteiger partial charge in [0.05, 0.1) is 7.11 Å². The van der Waals surface area contributed by atoms with Crippen molar-refractivity contribution in [2.45, 2.75) is 0 Å². The molecule has 3 N–H and O–H groups in total. The van der Waals surface area contributed by atoms with Crippen LogP contribution >= 0.6 is 0 Å². The Balaban J connectivity index is 1.39. The number of hydrogen-bond donors (Lipinski definition) is 3. The Hall–Kier alpha value is -3.85. The van der Waals surface area contributed by atoms with Crippen LogP contribution in [0.5, 0.6) is 5.75 Å². The number of methoxy groups -OCH3 is 1. The number of ether oxygens (including phenoxy) is 1. The summed E-state index contributed by atoms with van der Waals surface area (Å²) >= 11 is 0. The first-order chi connectivity index (χ1) is 15.6. The highest BCUT2D eigenvalue weighted by Crippen LogP contribution is 2.23. The Kier molecular flexibility index (Phi) is 6.66. The summed E-state index contributed by atoms with van der Waals surface area (Å²) < 4.78 is 5.17. The molecule has 1 aliphatic rings. The van der Waals surface area contributed by atoms with E-state index in [1.165, 1.54) is 12.0 Å². The first-order valence-electron chi connectivity index (χ1n) is 10.4. The molecular weight excluding hydrogens is 406 g/mol. The summed E-state index contributed by atoms with van der Waals surface area (Å²) in [6, 6.07) is 16.7. The molecule has 32 heavy (non-hydrogen) atoms. The van der Waals surface area contributed by atoms with E-state index >= 15 is 0 Å². The van der Waals surface area contributed by atoms with Crippen molar-refractivity contribution in [2.75, 3.05) is 61.2 Å². The van der Waals surface area contributed by atoms with Crippen LogP contribution in [0.4, 0.5) is 33.5 Å². The van der Waals surface area contributed by atoms with Gasteiger partial charge in [0.1, 0.15) is 23.7 Å². The standard InChI is InChI=1S/C23H27N7O2/c1-29-9-11-30(12-10-29)19-7-3-5-17(13-19)26-21-15-22(25-16-24-21)28-23(31)27-18-6-4-8-20(14-18)32-2/h3-8,13-16H,9-12H2,1-2H3,(H3,24,25,26,27,28,31). The normalized spacial score (nSPS) is 14.0. The van der Waals surface area contributed by atoms with Crippen molar-refractivity contribution in [1.82, 2.24) is 14.9 Å². The Morgan fingerprint density at radius 3 is 2.47 bits per heavy atom. The van der Waals surface area contributed by atoms with Gasteiger partial charge in [-0.2, -0.15) is 0 Å². The average Bonchev–Trinajstić information content (AvgIpc) is 2.80. The number of nitrogens with zero attached hydrogens (tertiary/aromatic N) is 4. The van der Waals surface area contributed by atoms with Crippen molar-refractivity contribution >= 4 is 34.7 Å². The minimum Gasteiger partial charge on any atom is -0.497 e. The molecule has 4 rings (SSSR count). The average molecular weight is 434 g/mol. The zero-order valence-corrected chi connectivity index (χ0v) is 18.2. The number of rotatable bonds is 6. The molecule has 0 unspecified atom stereocenters. The second kappa shape index (κ2) is 9.97. The highest BCUT2D eigenvalue weighted by Gasteiger charge is 2.14. The third-order valence-corrected chi connectivity index (χ3v) is 5.22. The Labute approximate surface area is 187 Å². The van der Waals surface area contributed by atoms with Gasteiger partial charge in [-0.1, -0.05) is 12.1 Å². The number of piperazine rings is 1. The lowest BCUT2D eigenvalue weighted by Crippen LogP contribution is -2.44. The molecule has 2 aromatic carbocycles. The van der Waals surface area contributed by atoms with Gasteiger partial charge in [-0.25, -0.2) is 14.8 Å². The van der Waals surface area contributed by atoms with Gasteiger partial charge in [0.15, 0.2) is 0 Å². The van der Waals surface area contributed by atoms with Gasteiger partial charge in [0.25, 0.3) is 0 Å². The van der Waals surface area contributed by atoms with E-state index in [4.69, 9.17) is 4.74 Å². The van der Waals surface area contributed by atoms with E-state index < -0.39 is 6.03 Å². The molecular formula is C23H27N7O2. The number of carbonyl (C=O) groups is 1. The molecule has 1 aromatic heterocycles. The second-order valence-electron chi connectivity index (χ2n) is 7.57. The maximum Gasteiger partial charge on any atom is 0.324 e. The highest BCUT2D eigenvalue weighted by molar-refractivity contribution is 5.99. The van der Waals surface area contributed by atoms with Crippen LogP contribution in [0.1, 0.15) is 0 Å². The summed E-state index contributed by atoms with van der Waals surface area (Å²) in [7, 11) is 3.72. The zero-order chi connectivity index (χ0) is 22.3. The molecule has 9 nitrogen and oxygen atoms in total. The van der Waals surface area contributed by atoms with Crippen molar-refractivity contribution in [3.63, 3.8) is 0 Å². The lowest BCUT2D eigenvalue weighted by atomic mass is 10.2. The molecule has 0 atom stereocenters. The van der Waals surface area contributed by atoms with Crippen LogP contribution < -0.4 is 25.6 Å². The summed E-state index contributed by atoms with van der Waals surface area (Å²) in [5.74, 6) is 1.64. The van der Waals surface area contributed by atoms with E-state index in [1.807, 2.05) is 18.2 Å². The van der Waals surface area contributed by atoms with Crippen LogP contribution in [0.25, 0.3) is 0 Å². The monoisotopic (exact) mass is 433 g/mol. The SMILES string of the molecule is COc1cccc(NC(=O)Nc2cc(Nc3cccc(N4CCN(C)CC4)c3)ncn2)c1. The molecule has 1 aliphatic heterocycles. The minimum atomic E-state index is -0.403. The summed E-state index contributed by atoms with van der Waals surface area (Å²) in [6.07, 6.45) is 1.41. The van der Waals surface area contributed by atoms with Gasteiger partial charge < -0.3 is 25.2 Å². The van der Waals surface area contributed by atoms with Crippen molar-refractivity contribution in [3.05, 3.63) is 60.9 Å². The van der Waals surface area contributed by atoms with Gasteiger partial charge >= 0.3 is 6.03 Å². The third kappa shape index (κ3) is 5.64. The number of anilines is 5. The molecule has 2 amide bonds. The van der Waals surface area contributed by atoms with Gasteiger partial charge in [0, 0.05) is 55.4 Å². The van der Waals surface area contributed by atoms with Crippen LogP contribution in [0.3, 0.4) is 0 Å². The van der Waals surface area contributed by atoms with E-state index in [-0.39, 0.29) is 0 Å². The maximum absolute atomic E-state index is 12.3. The number of nitrogens with one attached hydrogen (secondary N) is 3. The van der Waals surface area contributed by atoms with Crippen LogP contribution in [-0.4, -0.2) is 61.2 Å². The number of amides is 2. The molecule has 2 heterocycles. The largest absolute Gasteiger partial charge is 0.497 e. The lowest BCUT2D eigenvalue weighted by Gasteiger charge is -2.34. The summed E-state index contributed by atoms with van der Waals surface area (Å²) in [4.78, 5) is 25.5. The van der Waals surface area contributed by atoms with E-state index in [2.05, 4.69) is 54.9 Å². The number of likely N-dealkylation sites (N-methyl/N-ethyl adjacent to an activating group) is 1. The molecule has 0 spiro atoms. The fourth-order valence-corrected chi connectivity index (χ4v) is 3.47. The quantitative estimate of drug-likeness (QED) is 0.546. The highest BCUT2D eigenvalue weighted by atomic mass is 16.5. The molecule has 1 saturated heterocycles. The van der Waals surface area contributed by atoms with Gasteiger partial charge in [-0.15, -0.1) is 0 Å². The Bertz CT molecular complexity index is 1070. The molecule has 0 saturated carbocycles. The second-order valence-corrected chi connectivity index (χ2v) is 7.57. The predicted molar refractivity (Wildman–Crippen MR) is 127 cm³/mol. The zero-order valence-electron chi connectivity index (χ0n) is 18.2. The third-order valence-electron chi connectivity index (χ3n) is 5.22. The molecule has 0 bridgehead atoms. The minimum absolute atomic E-state index is 0.387. The van der Waals surface area contributed by atoms with Crippen molar-refractivity contribution in [2.24, 2.45) is 0 Å². The number of benzene rings is 2. The number of urea groups is 1. The maximum atomic E-state index is 12.3. The molecule has 3 aromatic rings. The van der Waals surface area contributed by atoms with Crippen molar-refractivity contribution in [3.8, 4) is 5.75 Å². The van der Waals surface area contributed by atoms with E-state index in [0.717, 1.165) is 31.9 Å². The van der Waals surface area contributed by atoms with Gasteiger partial charge in [-0.3, -0.25) is 5.32 Å². The molecule has 9 heteroatoms. The van der Waals surface area contributed by atoms with Crippen LogP contribution in [0, 0.1) is 0 Å². The predicted octanol–water partition coefficient (Wildman–Crippen LogP) is 3.62. The van der Waals surface area contributed by atoms with E-state index in [0.29, 0.717) is 23.1 Å². The van der Waals surface area contributed by atoms with E-state index in [1.54, 1.807) is 31.4 Å². The van der Waals surface area contributed by atoms with Crippen molar-refractivity contribution < 1.29 is 9.53 Å². The topological polar surface area (TPSA) is 94.6 Å². The fraction of sp³-hybridized carbons (Fsp3) is 0.261. The summed E-state index contributed by atoms with van der Waals surface area (Å²) in [5, 5.41) is 8.78. The smallest absolute Gasteiger partial charge is 0.324 e. The van der Waals surface area contributed by atoms with Gasteiger partial charge in [-0.05, 0) is 37.4 Å². The first kappa shape index (κ1) is 21.4. The first-order valence-corrected chi connectivity index (χ1v) is 10.4. The van der Waals surface area contributed by atoms with Crippen LogP contribution in [0.2, 0.25) is 0 Å². The number of aromatic nitrogens is 2. The number of carbonyl (C=O) groups excluding carboxylic acids is 1. The number of hydrogen-bond acceptors (Lipinski definition) is 7. The summed E-state index contributed by atoms with van der Waals surface area (Å²) in [5.41, 5.74) is 2.72. The van der Waals surface area contributed by atoms with E-state index in [9.17, 15) is 4.79 Å². The van der Waals surface area contributed by atoms with Crippen LogP contribution in [-0.2, 0) is 0 Å². The molecule has 1 fully saturated rings. The Morgan fingerprint density at radius 1 is 0.906 bits per heavy atom. The molecule has 0 aliphatic carbocycles. The van der Waals surface area contributed by atoms with Gasteiger partial charge in [0.2, 0.25) is 0 Å². The van der Waals surface area contributed by atoms with Crippen molar-refractivity contribution in [1.29, 1.82) is 0 Å². The fourth-order valence-electron chi connectivity index (χ4n) is 3.47. The van der Waals surface area contributed by atoms with Crippen LogP contribution in [0.15, 0.2) is 60.9 Å². The lowest BCUT2D eigenvalue weighted by molar-refractivity contribution is 0.262. The molecule has 166 valence electrons.